The van der Waals surface area contributed by atoms with Crippen molar-refractivity contribution in [1.29, 1.82) is 0 Å². The molecule has 2 aromatic rings. The maximum Gasteiger partial charge on any atom is 0.273 e. The van der Waals surface area contributed by atoms with Crippen molar-refractivity contribution in [3.05, 3.63) is 75.3 Å². The minimum atomic E-state index is -0.697. The Morgan fingerprint density at radius 2 is 1.73 bits per heavy atom. The van der Waals surface area contributed by atoms with Gasteiger partial charge in [-0.15, -0.1) is 0 Å². The Morgan fingerprint density at radius 3 is 2.37 bits per heavy atom. The molecule has 2 amide bonds. The number of rotatable bonds is 10. The maximum atomic E-state index is 13.2. The van der Waals surface area contributed by atoms with E-state index in [0.29, 0.717) is 12.1 Å². The molecule has 7 nitrogen and oxygen atoms in total. The number of nitro groups is 1. The van der Waals surface area contributed by atoms with Crippen LogP contribution < -0.4 is 5.32 Å². The lowest BCUT2D eigenvalue weighted by Crippen LogP contribution is -2.48. The highest BCUT2D eigenvalue weighted by Gasteiger charge is 2.28. The zero-order valence-corrected chi connectivity index (χ0v) is 17.8. The lowest BCUT2D eigenvalue weighted by atomic mass is 10.0. The van der Waals surface area contributed by atoms with E-state index in [1.165, 1.54) is 11.0 Å². The first-order chi connectivity index (χ1) is 14.3. The van der Waals surface area contributed by atoms with Gasteiger partial charge in [0.2, 0.25) is 11.8 Å². The molecule has 0 aliphatic rings. The summed E-state index contributed by atoms with van der Waals surface area (Å²) in [5.74, 6) is -0.557. The number of aryl methyl sites for hydroxylation is 1. The molecule has 1 N–H and O–H groups in total. The van der Waals surface area contributed by atoms with Gasteiger partial charge in [-0.2, -0.15) is 0 Å². The highest BCUT2D eigenvalue weighted by Crippen LogP contribution is 2.21. The van der Waals surface area contributed by atoms with Gasteiger partial charge in [0.25, 0.3) is 5.69 Å². The molecule has 160 valence electrons. The van der Waals surface area contributed by atoms with Crippen LogP contribution in [0.5, 0.6) is 0 Å². The van der Waals surface area contributed by atoms with Gasteiger partial charge in [0.05, 0.1) is 11.3 Å². The molecule has 2 aromatic carbocycles. The van der Waals surface area contributed by atoms with Crippen LogP contribution in [0.2, 0.25) is 0 Å². The molecule has 0 fully saturated rings. The fraction of sp³-hybridized carbons (Fsp3) is 0.391. The average Bonchev–Trinajstić information content (AvgIpc) is 2.73. The molecule has 1 unspecified atom stereocenters. The topological polar surface area (TPSA) is 92.6 Å². The molecule has 0 saturated carbocycles. The molecule has 0 heterocycles. The molecule has 2 rings (SSSR count). The van der Waals surface area contributed by atoms with Crippen LogP contribution in [0.25, 0.3) is 0 Å². The number of benzene rings is 2. The van der Waals surface area contributed by atoms with Crippen molar-refractivity contribution in [2.45, 2.75) is 52.6 Å². The van der Waals surface area contributed by atoms with E-state index in [4.69, 9.17) is 0 Å². The van der Waals surface area contributed by atoms with Crippen molar-refractivity contribution in [2.75, 3.05) is 6.54 Å². The quantitative estimate of drug-likeness (QED) is 0.366. The Labute approximate surface area is 177 Å². The fourth-order valence-electron chi connectivity index (χ4n) is 3.19. The summed E-state index contributed by atoms with van der Waals surface area (Å²) >= 11 is 0. The van der Waals surface area contributed by atoms with Crippen molar-refractivity contribution in [3.8, 4) is 0 Å². The Kier molecular flexibility index (Phi) is 8.53. The molecule has 0 radical (unpaired) electrons. The lowest BCUT2D eigenvalue weighted by molar-refractivity contribution is -0.385. The molecular weight excluding hydrogens is 382 g/mol. The summed E-state index contributed by atoms with van der Waals surface area (Å²) in [6.07, 6.45) is 1.67. The summed E-state index contributed by atoms with van der Waals surface area (Å²) in [4.78, 5) is 38.2. The van der Waals surface area contributed by atoms with Crippen LogP contribution in [0.4, 0.5) is 5.69 Å². The van der Waals surface area contributed by atoms with E-state index in [-0.39, 0.29) is 30.5 Å². The number of unbranched alkanes of at least 4 members (excludes halogenated alkanes) is 1. The standard InChI is InChI=1S/C23H29N3O4/c1-4-5-14-24-23(28)18(3)25(16-20-12-7-6-10-17(20)2)22(27)15-19-11-8-9-13-21(19)26(29)30/h6-13,18H,4-5,14-16H2,1-3H3,(H,24,28). The number of nitrogens with zero attached hydrogens (tertiary/aromatic N) is 2. The second-order valence-corrected chi connectivity index (χ2v) is 7.33. The van der Waals surface area contributed by atoms with Gasteiger partial charge >= 0.3 is 0 Å². The predicted molar refractivity (Wildman–Crippen MR) is 116 cm³/mol. The third kappa shape index (κ3) is 6.14. The molecule has 0 saturated heterocycles. The van der Waals surface area contributed by atoms with Gasteiger partial charge in [0.1, 0.15) is 6.04 Å². The molecule has 0 aliphatic carbocycles. The summed E-state index contributed by atoms with van der Waals surface area (Å²) in [5, 5.41) is 14.2. The molecule has 0 spiro atoms. The van der Waals surface area contributed by atoms with E-state index >= 15 is 0 Å². The van der Waals surface area contributed by atoms with Gasteiger partial charge in [0.15, 0.2) is 0 Å². The number of carbonyl (C=O) groups excluding carboxylic acids is 2. The van der Waals surface area contributed by atoms with Crippen LogP contribution in [-0.2, 0) is 22.6 Å². The minimum absolute atomic E-state index is 0.0956. The van der Waals surface area contributed by atoms with Crippen molar-refractivity contribution in [1.82, 2.24) is 10.2 Å². The molecule has 0 aromatic heterocycles. The monoisotopic (exact) mass is 411 g/mol. The first-order valence-corrected chi connectivity index (χ1v) is 10.2. The zero-order valence-electron chi connectivity index (χ0n) is 17.8. The zero-order chi connectivity index (χ0) is 22.1. The number of para-hydroxylation sites is 1. The highest BCUT2D eigenvalue weighted by atomic mass is 16.6. The molecule has 1 atom stereocenters. The molecule has 0 bridgehead atoms. The van der Waals surface area contributed by atoms with Gasteiger partial charge in [-0.05, 0) is 31.4 Å². The minimum Gasteiger partial charge on any atom is -0.354 e. The van der Waals surface area contributed by atoms with E-state index < -0.39 is 11.0 Å². The van der Waals surface area contributed by atoms with Gasteiger partial charge in [-0.1, -0.05) is 55.8 Å². The maximum absolute atomic E-state index is 13.2. The summed E-state index contributed by atoms with van der Waals surface area (Å²) in [6, 6.07) is 13.2. The number of hydrogen-bond acceptors (Lipinski definition) is 4. The number of hydrogen-bond donors (Lipinski definition) is 1. The van der Waals surface area contributed by atoms with Crippen LogP contribution in [0.15, 0.2) is 48.5 Å². The first kappa shape index (κ1) is 23.1. The van der Waals surface area contributed by atoms with Crippen molar-refractivity contribution >= 4 is 17.5 Å². The predicted octanol–water partition coefficient (Wildman–Crippen LogP) is 3.78. The summed E-state index contributed by atoms with van der Waals surface area (Å²) in [6.45, 7) is 6.49. The molecule has 0 aliphatic heterocycles. The molecule has 30 heavy (non-hydrogen) atoms. The Hall–Kier alpha value is -3.22. The van der Waals surface area contributed by atoms with Crippen LogP contribution in [0.1, 0.15) is 43.4 Å². The van der Waals surface area contributed by atoms with E-state index in [9.17, 15) is 19.7 Å². The lowest BCUT2D eigenvalue weighted by Gasteiger charge is -2.29. The van der Waals surface area contributed by atoms with Gasteiger partial charge in [-0.3, -0.25) is 19.7 Å². The SMILES string of the molecule is CCCCNC(=O)C(C)N(Cc1ccccc1C)C(=O)Cc1ccccc1[N+](=O)[O-]. The largest absolute Gasteiger partial charge is 0.354 e. The Balaban J connectivity index is 2.28. The Bertz CT molecular complexity index is 898. The van der Waals surface area contributed by atoms with E-state index in [2.05, 4.69) is 5.32 Å². The third-order valence-corrected chi connectivity index (χ3v) is 5.13. The van der Waals surface area contributed by atoms with Crippen molar-refractivity contribution in [2.24, 2.45) is 0 Å². The first-order valence-electron chi connectivity index (χ1n) is 10.2. The normalized spacial score (nSPS) is 11.6. The summed E-state index contributed by atoms with van der Waals surface area (Å²) < 4.78 is 0. The number of nitro benzene ring substituents is 1. The summed E-state index contributed by atoms with van der Waals surface area (Å²) in [5.41, 5.74) is 2.18. The third-order valence-electron chi connectivity index (χ3n) is 5.13. The number of carbonyl (C=O) groups is 2. The van der Waals surface area contributed by atoms with Gasteiger partial charge in [-0.25, -0.2) is 0 Å². The van der Waals surface area contributed by atoms with E-state index in [1.807, 2.05) is 38.1 Å². The van der Waals surface area contributed by atoms with Gasteiger partial charge < -0.3 is 10.2 Å². The average molecular weight is 412 g/mol. The molecular formula is C23H29N3O4. The van der Waals surface area contributed by atoms with E-state index in [0.717, 1.165) is 24.0 Å². The number of amides is 2. The highest BCUT2D eigenvalue weighted by molar-refractivity contribution is 5.88. The fourth-order valence-corrected chi connectivity index (χ4v) is 3.19. The van der Waals surface area contributed by atoms with Crippen LogP contribution in [-0.4, -0.2) is 34.2 Å². The van der Waals surface area contributed by atoms with E-state index in [1.54, 1.807) is 25.1 Å². The second kappa shape index (κ2) is 11.1. The van der Waals surface area contributed by atoms with Crippen LogP contribution in [0, 0.1) is 17.0 Å². The van der Waals surface area contributed by atoms with Gasteiger partial charge in [0, 0.05) is 24.7 Å². The Morgan fingerprint density at radius 1 is 1.10 bits per heavy atom. The van der Waals surface area contributed by atoms with Crippen molar-refractivity contribution < 1.29 is 14.5 Å². The smallest absolute Gasteiger partial charge is 0.273 e. The van der Waals surface area contributed by atoms with Crippen LogP contribution in [0.3, 0.4) is 0 Å². The van der Waals surface area contributed by atoms with Crippen molar-refractivity contribution in [3.63, 3.8) is 0 Å². The summed E-state index contributed by atoms with van der Waals surface area (Å²) in [7, 11) is 0. The second-order valence-electron chi connectivity index (χ2n) is 7.33. The van der Waals surface area contributed by atoms with Crippen LogP contribution >= 0.6 is 0 Å². The molecule has 7 heteroatoms. The number of nitrogens with one attached hydrogen (secondary N) is 1.